The van der Waals surface area contributed by atoms with Crippen LogP contribution in [-0.4, -0.2) is 34.8 Å². The molecule has 8 nitrogen and oxygen atoms in total. The number of thiazole rings is 1. The normalized spacial score (nSPS) is 15.5. The van der Waals surface area contributed by atoms with Gasteiger partial charge >= 0.3 is 11.9 Å². The molecule has 174 valence electrons. The largest absolute Gasteiger partial charge is 0.482 e. The van der Waals surface area contributed by atoms with Gasteiger partial charge < -0.3 is 14.6 Å². The molecule has 1 N–H and O–H groups in total. The topological polar surface area (TPSA) is 107 Å². The van der Waals surface area contributed by atoms with E-state index in [2.05, 4.69) is 4.99 Å². The van der Waals surface area contributed by atoms with Crippen molar-refractivity contribution in [3.05, 3.63) is 96.7 Å². The van der Waals surface area contributed by atoms with E-state index >= 15 is 0 Å². The highest BCUT2D eigenvalue weighted by Gasteiger charge is 2.33. The van der Waals surface area contributed by atoms with E-state index in [0.29, 0.717) is 31.9 Å². The van der Waals surface area contributed by atoms with Crippen molar-refractivity contribution in [2.45, 2.75) is 19.9 Å². The molecule has 0 fully saturated rings. The summed E-state index contributed by atoms with van der Waals surface area (Å²) in [5, 5.41) is 8.82. The molecule has 9 heteroatoms. The average Bonchev–Trinajstić information content (AvgIpc) is 3.12. The van der Waals surface area contributed by atoms with Crippen LogP contribution in [0.5, 0.6) is 5.75 Å². The third kappa shape index (κ3) is 4.69. The Kier molecular flexibility index (Phi) is 6.74. The molecule has 2 heterocycles. The van der Waals surface area contributed by atoms with Gasteiger partial charge in [0.05, 0.1) is 28.5 Å². The van der Waals surface area contributed by atoms with Crippen LogP contribution in [0.15, 0.2) is 75.7 Å². The molecule has 1 aliphatic heterocycles. The third-order valence-electron chi connectivity index (χ3n) is 5.15. The molecule has 1 aliphatic rings. The van der Waals surface area contributed by atoms with E-state index in [0.717, 1.165) is 5.56 Å². The quantitative estimate of drug-likeness (QED) is 0.522. The molecule has 0 saturated carbocycles. The maximum absolute atomic E-state index is 13.5. The SMILES string of the molecule is CCOC(=O)C1=C(C)N=c2s/c(=C/c3cccc(OCC(=O)O)c3)c(=O)n2[C@H]1c1ccccc1. The van der Waals surface area contributed by atoms with Gasteiger partial charge in [-0.25, -0.2) is 14.6 Å². The lowest BCUT2D eigenvalue weighted by Gasteiger charge is -2.24. The van der Waals surface area contributed by atoms with E-state index in [4.69, 9.17) is 14.6 Å². The summed E-state index contributed by atoms with van der Waals surface area (Å²) in [6.07, 6.45) is 1.70. The van der Waals surface area contributed by atoms with Crippen molar-refractivity contribution in [3.63, 3.8) is 0 Å². The van der Waals surface area contributed by atoms with Gasteiger partial charge in [0.1, 0.15) is 5.75 Å². The van der Waals surface area contributed by atoms with Gasteiger partial charge in [-0.1, -0.05) is 53.8 Å². The molecule has 34 heavy (non-hydrogen) atoms. The highest BCUT2D eigenvalue weighted by atomic mass is 32.1. The number of esters is 1. The van der Waals surface area contributed by atoms with Crippen LogP contribution in [0.2, 0.25) is 0 Å². The fraction of sp³-hybridized carbons (Fsp3) is 0.200. The first kappa shape index (κ1) is 23.2. The number of ether oxygens (including phenoxy) is 2. The number of nitrogens with zero attached hydrogens (tertiary/aromatic N) is 2. The molecule has 0 aliphatic carbocycles. The number of aromatic nitrogens is 1. The number of carbonyl (C=O) groups excluding carboxylic acids is 1. The molecular formula is C25H22N2O6S. The molecule has 4 rings (SSSR count). The number of hydrogen-bond acceptors (Lipinski definition) is 7. The van der Waals surface area contributed by atoms with E-state index in [1.54, 1.807) is 44.2 Å². The highest BCUT2D eigenvalue weighted by molar-refractivity contribution is 7.07. The summed E-state index contributed by atoms with van der Waals surface area (Å²) in [5.74, 6) is -1.20. The van der Waals surface area contributed by atoms with Crippen LogP contribution in [0, 0.1) is 0 Å². The van der Waals surface area contributed by atoms with E-state index in [1.807, 2.05) is 30.3 Å². The van der Waals surface area contributed by atoms with Gasteiger partial charge in [-0.2, -0.15) is 0 Å². The Labute approximate surface area is 198 Å². The van der Waals surface area contributed by atoms with Gasteiger partial charge in [0.25, 0.3) is 5.56 Å². The fourth-order valence-corrected chi connectivity index (χ4v) is 4.78. The van der Waals surface area contributed by atoms with Crippen molar-refractivity contribution < 1.29 is 24.2 Å². The molecule has 0 bridgehead atoms. The zero-order valence-corrected chi connectivity index (χ0v) is 19.4. The number of fused-ring (bicyclic) bond motifs is 1. The predicted molar refractivity (Wildman–Crippen MR) is 126 cm³/mol. The molecule has 1 aromatic heterocycles. The van der Waals surface area contributed by atoms with Gasteiger partial charge in [0.2, 0.25) is 0 Å². The number of rotatable bonds is 7. The Morgan fingerprint density at radius 2 is 1.94 bits per heavy atom. The smallest absolute Gasteiger partial charge is 0.341 e. The fourth-order valence-electron chi connectivity index (χ4n) is 3.73. The zero-order valence-electron chi connectivity index (χ0n) is 18.6. The van der Waals surface area contributed by atoms with Crippen molar-refractivity contribution in [2.75, 3.05) is 13.2 Å². The van der Waals surface area contributed by atoms with Gasteiger partial charge in [0.15, 0.2) is 11.4 Å². The lowest BCUT2D eigenvalue weighted by molar-refractivity contribution is -0.140. The standard InChI is InChI=1S/C25H22N2O6S/c1-3-32-24(31)21-15(2)26-25-27(22(21)17-9-5-4-6-10-17)23(30)19(34-25)13-16-8-7-11-18(12-16)33-14-20(28)29/h4-13,22H,3,14H2,1-2H3,(H,28,29)/b19-13+/t22-/m0/s1. The van der Waals surface area contributed by atoms with E-state index in [-0.39, 0.29) is 12.2 Å². The van der Waals surface area contributed by atoms with Crippen LogP contribution in [-0.2, 0) is 14.3 Å². The van der Waals surface area contributed by atoms with Crippen LogP contribution in [0.1, 0.15) is 31.0 Å². The number of allylic oxidation sites excluding steroid dienone is 1. The average molecular weight is 479 g/mol. The van der Waals surface area contributed by atoms with Crippen LogP contribution < -0.4 is 19.6 Å². The van der Waals surface area contributed by atoms with Gasteiger partial charge in [-0.3, -0.25) is 9.36 Å². The summed E-state index contributed by atoms with van der Waals surface area (Å²) in [5.41, 5.74) is 1.99. The first-order valence-corrected chi connectivity index (χ1v) is 11.4. The second-order valence-corrected chi connectivity index (χ2v) is 8.48. The molecule has 3 aromatic rings. The van der Waals surface area contributed by atoms with Gasteiger partial charge in [0, 0.05) is 0 Å². The van der Waals surface area contributed by atoms with Crippen molar-refractivity contribution in [1.82, 2.24) is 4.57 Å². The van der Waals surface area contributed by atoms with Crippen LogP contribution in [0.25, 0.3) is 6.08 Å². The van der Waals surface area contributed by atoms with E-state index < -0.39 is 24.6 Å². The maximum Gasteiger partial charge on any atom is 0.341 e. The number of aliphatic carboxylic acids is 1. The van der Waals surface area contributed by atoms with Crippen molar-refractivity contribution >= 4 is 29.4 Å². The summed E-state index contributed by atoms with van der Waals surface area (Å²) >= 11 is 1.22. The monoisotopic (exact) mass is 478 g/mol. The van der Waals surface area contributed by atoms with Gasteiger partial charge in [-0.05, 0) is 43.2 Å². The second kappa shape index (κ2) is 9.88. The molecule has 0 unspecified atom stereocenters. The van der Waals surface area contributed by atoms with Crippen LogP contribution >= 0.6 is 11.3 Å². The summed E-state index contributed by atoms with van der Waals surface area (Å²) in [6, 6.07) is 15.4. The summed E-state index contributed by atoms with van der Waals surface area (Å²) in [4.78, 5) is 42.2. The predicted octanol–water partition coefficient (Wildman–Crippen LogP) is 2.26. The first-order valence-electron chi connectivity index (χ1n) is 10.6. The second-order valence-electron chi connectivity index (χ2n) is 7.47. The summed E-state index contributed by atoms with van der Waals surface area (Å²) < 4.78 is 12.5. The molecule has 0 spiro atoms. The maximum atomic E-state index is 13.5. The molecular weight excluding hydrogens is 456 g/mol. The molecule has 2 aromatic carbocycles. The number of carboxylic acids is 1. The summed E-state index contributed by atoms with van der Waals surface area (Å²) in [7, 11) is 0. The van der Waals surface area contributed by atoms with E-state index in [9.17, 15) is 14.4 Å². The van der Waals surface area contributed by atoms with Crippen LogP contribution in [0.3, 0.4) is 0 Å². The van der Waals surface area contributed by atoms with Gasteiger partial charge in [-0.15, -0.1) is 0 Å². The van der Waals surface area contributed by atoms with Crippen molar-refractivity contribution in [1.29, 1.82) is 0 Å². The Morgan fingerprint density at radius 1 is 1.18 bits per heavy atom. The van der Waals surface area contributed by atoms with Crippen molar-refractivity contribution in [2.24, 2.45) is 4.99 Å². The Morgan fingerprint density at radius 3 is 2.65 bits per heavy atom. The lowest BCUT2D eigenvalue weighted by atomic mass is 9.96. The highest BCUT2D eigenvalue weighted by Crippen LogP contribution is 2.30. The minimum absolute atomic E-state index is 0.210. The Balaban J connectivity index is 1.84. The molecule has 0 saturated heterocycles. The van der Waals surface area contributed by atoms with Crippen molar-refractivity contribution in [3.8, 4) is 5.75 Å². The first-order chi connectivity index (χ1) is 16.4. The minimum Gasteiger partial charge on any atom is -0.482 e. The molecule has 1 atom stereocenters. The summed E-state index contributed by atoms with van der Waals surface area (Å²) in [6.45, 7) is 3.22. The number of benzene rings is 2. The third-order valence-corrected chi connectivity index (χ3v) is 6.13. The number of carboxylic acid groups (broad SMARTS) is 1. The number of hydrogen-bond donors (Lipinski definition) is 1. The Bertz CT molecular complexity index is 1450. The Hall–Kier alpha value is -3.98. The zero-order chi connectivity index (χ0) is 24.2. The molecule has 0 radical (unpaired) electrons. The van der Waals surface area contributed by atoms with E-state index in [1.165, 1.54) is 15.9 Å². The number of carbonyl (C=O) groups is 2. The minimum atomic E-state index is -1.08. The lowest BCUT2D eigenvalue weighted by Crippen LogP contribution is -2.39. The van der Waals surface area contributed by atoms with Crippen LogP contribution in [0.4, 0.5) is 0 Å². The molecule has 0 amide bonds.